The molecule has 3 aromatic carbocycles. The molecule has 0 aromatic heterocycles. The molecule has 12 heteroatoms. The van der Waals surface area contributed by atoms with Crippen molar-refractivity contribution in [2.75, 3.05) is 5.73 Å². The fraction of sp³-hybridized carbons (Fsp3) is 0.143. The second-order valence-electron chi connectivity index (χ2n) is 6.48. The molecular formula is C21H16F6N2O4. The Kier molecular flexibility index (Phi) is 7.75. The molecule has 3 rings (SSSR count). The van der Waals surface area contributed by atoms with Crippen LogP contribution in [0, 0.1) is 10.1 Å². The summed E-state index contributed by atoms with van der Waals surface area (Å²) in [6.45, 7) is 0.0772. The summed E-state index contributed by atoms with van der Waals surface area (Å²) in [6.07, 6.45) is -9.28. The topological polar surface area (TPSA) is 98.6 Å². The second-order valence-corrected chi connectivity index (χ2v) is 6.48. The quantitative estimate of drug-likeness (QED) is 0.204. The molecule has 0 spiro atoms. The van der Waals surface area contributed by atoms with Crippen LogP contribution in [-0.2, 0) is 19.0 Å². The third-order valence-corrected chi connectivity index (χ3v) is 4.04. The van der Waals surface area contributed by atoms with Crippen LogP contribution in [0.4, 0.5) is 37.7 Å². The predicted octanol–water partition coefficient (Wildman–Crippen LogP) is 6.19. The van der Waals surface area contributed by atoms with E-state index < -0.39 is 39.8 Å². The van der Waals surface area contributed by atoms with Crippen molar-refractivity contribution >= 4 is 11.4 Å². The molecule has 0 saturated heterocycles. The van der Waals surface area contributed by atoms with E-state index in [1.54, 1.807) is 24.3 Å². The van der Waals surface area contributed by atoms with Crippen LogP contribution in [0.5, 0.6) is 11.5 Å². The van der Waals surface area contributed by atoms with Crippen molar-refractivity contribution in [1.82, 2.24) is 0 Å². The lowest BCUT2D eigenvalue weighted by atomic mass is 10.1. The zero-order chi connectivity index (χ0) is 24.8. The van der Waals surface area contributed by atoms with Crippen molar-refractivity contribution in [3.05, 3.63) is 93.5 Å². The highest BCUT2D eigenvalue weighted by Crippen LogP contribution is 2.38. The molecule has 0 aliphatic heterocycles. The Hall–Kier alpha value is -3.96. The Labute approximate surface area is 183 Å². The van der Waals surface area contributed by atoms with Crippen molar-refractivity contribution in [3.63, 3.8) is 0 Å². The van der Waals surface area contributed by atoms with Crippen LogP contribution >= 0.6 is 0 Å². The third-order valence-electron chi connectivity index (χ3n) is 4.04. The standard InChI is InChI=1S/C14H12F3NO.C7H4F3NO3/c15-14(16,17)12-8-11(18)6-7-13(12)19-9-10-4-2-1-3-5-10;8-7(9,10)5-3-4(11(13)14)1-2-6(5)12/h1-8H,9,18H2;1-3,12H. The summed E-state index contributed by atoms with van der Waals surface area (Å²) < 4.78 is 80.0. The number of nitrogen functional groups attached to an aromatic ring is 1. The number of phenolic OH excluding ortho intramolecular Hbond substituents is 1. The van der Waals surface area contributed by atoms with Crippen molar-refractivity contribution in [3.8, 4) is 11.5 Å². The van der Waals surface area contributed by atoms with E-state index in [4.69, 9.17) is 15.6 Å². The van der Waals surface area contributed by atoms with Gasteiger partial charge in [0.2, 0.25) is 0 Å². The molecule has 0 aliphatic carbocycles. The number of nitro benzene ring substituents is 1. The summed E-state index contributed by atoms with van der Waals surface area (Å²) in [5.41, 5.74) is 3.25. The average molecular weight is 474 g/mol. The number of hydrogen-bond donors (Lipinski definition) is 2. The number of rotatable bonds is 4. The van der Waals surface area contributed by atoms with Gasteiger partial charge in [0.1, 0.15) is 23.7 Å². The van der Waals surface area contributed by atoms with Gasteiger partial charge in [-0.15, -0.1) is 0 Å². The second kappa shape index (κ2) is 10.1. The minimum absolute atomic E-state index is 0.0550. The number of nitro groups is 1. The summed E-state index contributed by atoms with van der Waals surface area (Å²) in [6, 6.07) is 14.2. The molecule has 0 atom stereocenters. The van der Waals surface area contributed by atoms with Gasteiger partial charge in [-0.25, -0.2) is 0 Å². The summed E-state index contributed by atoms with van der Waals surface area (Å²) in [7, 11) is 0. The van der Waals surface area contributed by atoms with Crippen molar-refractivity contribution < 1.29 is 41.1 Å². The smallest absolute Gasteiger partial charge is 0.420 e. The highest BCUT2D eigenvalue weighted by molar-refractivity contribution is 5.49. The Morgan fingerprint density at radius 3 is 2.03 bits per heavy atom. The van der Waals surface area contributed by atoms with Gasteiger partial charge < -0.3 is 15.6 Å². The van der Waals surface area contributed by atoms with Crippen molar-refractivity contribution in [1.29, 1.82) is 0 Å². The molecule has 3 N–H and O–H groups in total. The number of halogens is 6. The number of phenols is 1. The van der Waals surface area contributed by atoms with Crippen molar-refractivity contribution in [2.24, 2.45) is 0 Å². The highest BCUT2D eigenvalue weighted by atomic mass is 19.4. The lowest BCUT2D eigenvalue weighted by molar-refractivity contribution is -0.385. The van der Waals surface area contributed by atoms with E-state index in [1.807, 2.05) is 6.07 Å². The summed E-state index contributed by atoms with van der Waals surface area (Å²) in [4.78, 5) is 9.18. The van der Waals surface area contributed by atoms with Crippen LogP contribution < -0.4 is 10.5 Å². The molecule has 176 valence electrons. The molecule has 0 bridgehead atoms. The maximum Gasteiger partial charge on any atom is 0.420 e. The van der Waals surface area contributed by atoms with Gasteiger partial charge in [-0.1, -0.05) is 30.3 Å². The lowest BCUT2D eigenvalue weighted by Crippen LogP contribution is -2.09. The molecule has 0 amide bonds. The van der Waals surface area contributed by atoms with Crippen LogP contribution in [0.2, 0.25) is 0 Å². The highest BCUT2D eigenvalue weighted by Gasteiger charge is 2.35. The van der Waals surface area contributed by atoms with Crippen LogP contribution in [0.15, 0.2) is 66.7 Å². The van der Waals surface area contributed by atoms with Crippen LogP contribution in [-0.4, -0.2) is 10.0 Å². The normalized spacial score (nSPS) is 11.3. The van der Waals surface area contributed by atoms with Gasteiger partial charge >= 0.3 is 12.4 Å². The van der Waals surface area contributed by atoms with E-state index in [2.05, 4.69) is 0 Å². The SMILES string of the molecule is Nc1ccc(OCc2ccccc2)c(C(F)(F)F)c1.O=[N+]([O-])c1ccc(O)c(C(F)(F)F)c1. The van der Waals surface area contributed by atoms with Gasteiger partial charge in [-0.05, 0) is 29.8 Å². The van der Waals surface area contributed by atoms with Crippen LogP contribution in [0.3, 0.4) is 0 Å². The minimum Gasteiger partial charge on any atom is -0.507 e. The summed E-state index contributed by atoms with van der Waals surface area (Å²) in [5, 5.41) is 19.0. The van der Waals surface area contributed by atoms with Gasteiger partial charge in [-0.2, -0.15) is 26.3 Å². The van der Waals surface area contributed by atoms with Crippen LogP contribution in [0.25, 0.3) is 0 Å². The number of benzene rings is 3. The molecule has 0 heterocycles. The summed E-state index contributed by atoms with van der Waals surface area (Å²) >= 11 is 0. The number of hydrogen-bond acceptors (Lipinski definition) is 5. The van der Waals surface area contributed by atoms with E-state index in [-0.39, 0.29) is 24.1 Å². The van der Waals surface area contributed by atoms with Gasteiger partial charge in [0.25, 0.3) is 5.69 Å². The molecule has 0 unspecified atom stereocenters. The monoisotopic (exact) mass is 474 g/mol. The third kappa shape index (κ3) is 7.30. The Morgan fingerprint density at radius 1 is 0.879 bits per heavy atom. The first-order valence-electron chi connectivity index (χ1n) is 8.97. The van der Waals surface area contributed by atoms with E-state index in [0.29, 0.717) is 6.07 Å². The molecule has 0 aliphatic rings. The number of alkyl halides is 6. The first-order chi connectivity index (χ1) is 15.3. The summed E-state index contributed by atoms with van der Waals surface area (Å²) in [5.74, 6) is -1.24. The first-order valence-corrected chi connectivity index (χ1v) is 8.97. The fourth-order valence-corrected chi connectivity index (χ4v) is 2.49. The van der Waals surface area contributed by atoms with E-state index in [1.165, 1.54) is 12.1 Å². The zero-order valence-electron chi connectivity index (χ0n) is 16.5. The van der Waals surface area contributed by atoms with E-state index >= 15 is 0 Å². The maximum atomic E-state index is 12.8. The number of ether oxygens (including phenoxy) is 1. The first kappa shape index (κ1) is 25.3. The number of aromatic hydroxyl groups is 1. The molecular weight excluding hydrogens is 458 g/mol. The minimum atomic E-state index is -4.80. The average Bonchev–Trinajstić information content (AvgIpc) is 2.72. The largest absolute Gasteiger partial charge is 0.507 e. The van der Waals surface area contributed by atoms with Gasteiger partial charge in [0.15, 0.2) is 0 Å². The van der Waals surface area contributed by atoms with Crippen LogP contribution in [0.1, 0.15) is 16.7 Å². The Morgan fingerprint density at radius 2 is 1.48 bits per heavy atom. The van der Waals surface area contributed by atoms with Crippen molar-refractivity contribution in [2.45, 2.75) is 19.0 Å². The number of anilines is 1. The molecule has 0 fully saturated rings. The Balaban J connectivity index is 0.000000245. The number of nitrogens with zero attached hydrogens (tertiary/aromatic N) is 1. The van der Waals surface area contributed by atoms with E-state index in [9.17, 15) is 36.5 Å². The lowest BCUT2D eigenvalue weighted by Gasteiger charge is -2.14. The fourth-order valence-electron chi connectivity index (χ4n) is 2.49. The van der Waals surface area contributed by atoms with Gasteiger partial charge in [0, 0.05) is 17.8 Å². The molecule has 6 nitrogen and oxygen atoms in total. The molecule has 3 aromatic rings. The number of non-ortho nitro benzene ring substituents is 1. The zero-order valence-corrected chi connectivity index (χ0v) is 16.5. The van der Waals surface area contributed by atoms with E-state index in [0.717, 1.165) is 17.7 Å². The molecule has 33 heavy (non-hydrogen) atoms. The number of nitrogens with two attached hydrogens (primary N) is 1. The molecule has 0 saturated carbocycles. The van der Waals surface area contributed by atoms with Gasteiger partial charge in [0.05, 0.1) is 10.5 Å². The molecule has 0 radical (unpaired) electrons. The maximum absolute atomic E-state index is 12.8. The Bertz CT molecular complexity index is 1100. The van der Waals surface area contributed by atoms with Gasteiger partial charge in [-0.3, -0.25) is 10.1 Å². The predicted molar refractivity (Wildman–Crippen MR) is 106 cm³/mol.